The summed E-state index contributed by atoms with van der Waals surface area (Å²) in [7, 11) is 0. The highest BCUT2D eigenvalue weighted by Gasteiger charge is 2.47. The Morgan fingerprint density at radius 2 is 1.90 bits per heavy atom. The Bertz CT molecular complexity index is 352. The molecule has 3 rings (SSSR count). The lowest BCUT2D eigenvalue weighted by molar-refractivity contribution is -0.124. The molecule has 2 aliphatic carbocycles. The van der Waals surface area contributed by atoms with Crippen LogP contribution in [0.1, 0.15) is 39.0 Å². The molecule has 1 aliphatic heterocycles. The lowest BCUT2D eigenvalue weighted by Crippen LogP contribution is -2.49. The minimum Gasteiger partial charge on any atom is -0.396 e. The summed E-state index contributed by atoms with van der Waals surface area (Å²) >= 11 is 0. The van der Waals surface area contributed by atoms with Crippen molar-refractivity contribution >= 4 is 5.91 Å². The summed E-state index contributed by atoms with van der Waals surface area (Å²) in [6.45, 7) is 5.16. The van der Waals surface area contributed by atoms with Crippen LogP contribution in [0.2, 0.25) is 0 Å². The normalized spacial score (nSPS) is 38.3. The molecule has 4 unspecified atom stereocenters. The minimum atomic E-state index is 0.163. The first-order valence-corrected chi connectivity index (χ1v) is 8.30. The quantitative estimate of drug-likeness (QED) is 0.815. The summed E-state index contributed by atoms with van der Waals surface area (Å²) in [6, 6.07) is 0.231. The zero-order chi connectivity index (χ0) is 14.1. The van der Waals surface area contributed by atoms with E-state index in [1.54, 1.807) is 0 Å². The number of aliphatic hydroxyl groups excluding tert-OH is 1. The first-order chi connectivity index (χ1) is 9.67. The van der Waals surface area contributed by atoms with E-state index in [2.05, 4.69) is 17.1 Å². The topological polar surface area (TPSA) is 52.6 Å². The maximum absolute atomic E-state index is 12.3. The predicted octanol–water partition coefficient (Wildman–Crippen LogP) is 1.24. The zero-order valence-electron chi connectivity index (χ0n) is 12.6. The van der Waals surface area contributed by atoms with Crippen LogP contribution in [0.3, 0.4) is 0 Å². The molecule has 4 nitrogen and oxygen atoms in total. The van der Waals surface area contributed by atoms with Crippen molar-refractivity contribution in [1.82, 2.24) is 10.2 Å². The Labute approximate surface area is 121 Å². The van der Waals surface area contributed by atoms with Gasteiger partial charge in [-0.2, -0.15) is 0 Å². The van der Waals surface area contributed by atoms with Crippen LogP contribution in [0, 0.1) is 23.7 Å². The molecular weight excluding hydrogens is 252 g/mol. The van der Waals surface area contributed by atoms with Gasteiger partial charge in [-0.1, -0.05) is 6.92 Å². The van der Waals surface area contributed by atoms with Crippen LogP contribution in [0.4, 0.5) is 0 Å². The molecular formula is C16H28N2O2. The van der Waals surface area contributed by atoms with E-state index >= 15 is 0 Å². The molecule has 4 heteroatoms. The molecule has 0 aromatic rings. The standard InChI is InChI=1S/C16H28N2O2/c1-11-4-6-18(7-5-11)9-15(20)17-16-13-3-2-12(8-13)14(16)10-19/h11-14,16,19H,2-10H2,1H3,(H,17,20). The highest BCUT2D eigenvalue weighted by Crippen LogP contribution is 2.48. The fraction of sp³-hybridized carbons (Fsp3) is 0.938. The molecule has 1 saturated heterocycles. The van der Waals surface area contributed by atoms with Crippen molar-refractivity contribution < 1.29 is 9.90 Å². The van der Waals surface area contributed by atoms with E-state index in [0.29, 0.717) is 24.3 Å². The molecule has 114 valence electrons. The number of carbonyl (C=O) groups is 1. The summed E-state index contributed by atoms with van der Waals surface area (Å²) < 4.78 is 0. The van der Waals surface area contributed by atoms with Gasteiger partial charge in [-0.3, -0.25) is 9.69 Å². The number of aliphatic hydroxyl groups is 1. The van der Waals surface area contributed by atoms with Crippen molar-refractivity contribution in [2.24, 2.45) is 23.7 Å². The number of nitrogens with one attached hydrogen (secondary N) is 1. The maximum Gasteiger partial charge on any atom is 0.234 e. The van der Waals surface area contributed by atoms with E-state index in [1.165, 1.54) is 32.1 Å². The predicted molar refractivity (Wildman–Crippen MR) is 78.2 cm³/mol. The van der Waals surface area contributed by atoms with E-state index in [9.17, 15) is 9.90 Å². The van der Waals surface area contributed by atoms with Gasteiger partial charge in [0.2, 0.25) is 5.91 Å². The Hall–Kier alpha value is -0.610. The van der Waals surface area contributed by atoms with E-state index in [1.807, 2.05) is 0 Å². The minimum absolute atomic E-state index is 0.163. The number of fused-ring (bicyclic) bond motifs is 2. The summed E-state index contributed by atoms with van der Waals surface area (Å²) in [5, 5.41) is 12.8. The summed E-state index contributed by atoms with van der Waals surface area (Å²) in [6.07, 6.45) is 6.10. The van der Waals surface area contributed by atoms with Gasteiger partial charge in [0, 0.05) is 18.6 Å². The molecule has 20 heavy (non-hydrogen) atoms. The van der Waals surface area contributed by atoms with E-state index < -0.39 is 0 Å². The fourth-order valence-corrected chi connectivity index (χ4v) is 4.55. The first-order valence-electron chi connectivity index (χ1n) is 8.30. The van der Waals surface area contributed by atoms with Gasteiger partial charge in [0.25, 0.3) is 0 Å². The van der Waals surface area contributed by atoms with Crippen molar-refractivity contribution in [2.45, 2.75) is 45.1 Å². The fourth-order valence-electron chi connectivity index (χ4n) is 4.55. The average molecular weight is 280 g/mol. The van der Waals surface area contributed by atoms with Gasteiger partial charge >= 0.3 is 0 Å². The first kappa shape index (κ1) is 14.3. The van der Waals surface area contributed by atoms with Gasteiger partial charge in [-0.05, 0) is 62.9 Å². The number of hydrogen-bond donors (Lipinski definition) is 2. The SMILES string of the molecule is CC1CCN(CC(=O)NC2C3CCC(C3)C2CO)CC1. The lowest BCUT2D eigenvalue weighted by atomic mass is 9.85. The second-order valence-corrected chi connectivity index (χ2v) is 7.23. The van der Waals surface area contributed by atoms with Gasteiger partial charge in [0.05, 0.1) is 6.54 Å². The number of piperidine rings is 1. The monoisotopic (exact) mass is 280 g/mol. The number of rotatable bonds is 4. The van der Waals surface area contributed by atoms with Crippen LogP contribution in [0.5, 0.6) is 0 Å². The molecule has 3 fully saturated rings. The highest BCUT2D eigenvalue weighted by atomic mass is 16.3. The third-order valence-electron chi connectivity index (χ3n) is 5.87. The number of nitrogens with zero attached hydrogens (tertiary/aromatic N) is 1. The van der Waals surface area contributed by atoms with Crippen molar-refractivity contribution in [1.29, 1.82) is 0 Å². The Balaban J connectivity index is 1.49. The maximum atomic E-state index is 12.3. The molecule has 0 aromatic carbocycles. The van der Waals surface area contributed by atoms with Crippen molar-refractivity contribution in [3.05, 3.63) is 0 Å². The third kappa shape index (κ3) is 2.86. The van der Waals surface area contributed by atoms with Crippen LogP contribution in [0.25, 0.3) is 0 Å². The number of carbonyl (C=O) groups excluding carboxylic acids is 1. The van der Waals surface area contributed by atoms with Crippen LogP contribution in [0.15, 0.2) is 0 Å². The zero-order valence-corrected chi connectivity index (χ0v) is 12.6. The molecule has 0 aromatic heterocycles. The number of likely N-dealkylation sites (tertiary alicyclic amines) is 1. The molecule has 4 atom stereocenters. The van der Waals surface area contributed by atoms with Crippen LogP contribution < -0.4 is 5.32 Å². The van der Waals surface area contributed by atoms with Crippen LogP contribution >= 0.6 is 0 Å². The van der Waals surface area contributed by atoms with Crippen LogP contribution in [-0.4, -0.2) is 48.2 Å². The van der Waals surface area contributed by atoms with Crippen molar-refractivity contribution in [3.63, 3.8) is 0 Å². The molecule has 2 N–H and O–H groups in total. The lowest BCUT2D eigenvalue weighted by Gasteiger charge is -2.33. The molecule has 0 spiro atoms. The van der Waals surface area contributed by atoms with Gasteiger partial charge in [-0.15, -0.1) is 0 Å². The summed E-state index contributed by atoms with van der Waals surface area (Å²) in [4.78, 5) is 14.5. The molecule has 1 amide bonds. The Morgan fingerprint density at radius 1 is 1.20 bits per heavy atom. The van der Waals surface area contributed by atoms with Crippen molar-refractivity contribution in [2.75, 3.05) is 26.2 Å². The Morgan fingerprint density at radius 3 is 2.60 bits per heavy atom. The van der Waals surface area contributed by atoms with Gasteiger partial charge in [0.15, 0.2) is 0 Å². The van der Waals surface area contributed by atoms with E-state index in [-0.39, 0.29) is 18.6 Å². The third-order valence-corrected chi connectivity index (χ3v) is 5.87. The molecule has 2 bridgehead atoms. The second kappa shape index (κ2) is 6.02. The van der Waals surface area contributed by atoms with Gasteiger partial charge in [0.1, 0.15) is 0 Å². The molecule has 3 aliphatic rings. The Kier molecular flexibility index (Phi) is 4.32. The average Bonchev–Trinajstić information content (AvgIpc) is 3.02. The number of hydrogen-bond acceptors (Lipinski definition) is 3. The highest BCUT2D eigenvalue weighted by molar-refractivity contribution is 5.78. The largest absolute Gasteiger partial charge is 0.396 e. The molecule has 0 radical (unpaired) electrons. The smallest absolute Gasteiger partial charge is 0.234 e. The summed E-state index contributed by atoms with van der Waals surface area (Å²) in [5.74, 6) is 2.53. The van der Waals surface area contributed by atoms with Gasteiger partial charge < -0.3 is 10.4 Å². The van der Waals surface area contributed by atoms with E-state index in [0.717, 1.165) is 19.0 Å². The summed E-state index contributed by atoms with van der Waals surface area (Å²) in [5.41, 5.74) is 0. The second-order valence-electron chi connectivity index (χ2n) is 7.23. The van der Waals surface area contributed by atoms with E-state index in [4.69, 9.17) is 0 Å². The number of amides is 1. The molecule has 1 heterocycles. The van der Waals surface area contributed by atoms with Gasteiger partial charge in [-0.25, -0.2) is 0 Å². The van der Waals surface area contributed by atoms with Crippen LogP contribution in [-0.2, 0) is 4.79 Å². The molecule has 2 saturated carbocycles. The van der Waals surface area contributed by atoms with Crippen molar-refractivity contribution in [3.8, 4) is 0 Å².